The lowest BCUT2D eigenvalue weighted by atomic mass is 10.0. The van der Waals surface area contributed by atoms with E-state index < -0.39 is 24.4 Å². The van der Waals surface area contributed by atoms with Crippen molar-refractivity contribution in [2.75, 3.05) is 13.2 Å². The van der Waals surface area contributed by atoms with Gasteiger partial charge in [0.2, 0.25) is 0 Å². The molecule has 43 heavy (non-hydrogen) atoms. The van der Waals surface area contributed by atoms with Crippen molar-refractivity contribution in [1.29, 1.82) is 0 Å². The maximum absolute atomic E-state index is 10.7. The number of hydrogen-bond donors (Lipinski definition) is 2. The molecular weight excluding hydrogens is 577 g/mol. The predicted molar refractivity (Wildman–Crippen MR) is 189 cm³/mol. The van der Waals surface area contributed by atoms with E-state index in [1.165, 1.54) is 128 Å². The van der Waals surface area contributed by atoms with Gasteiger partial charge >= 0.3 is 0 Å². The van der Waals surface area contributed by atoms with Crippen LogP contribution in [-0.2, 0) is 14.2 Å². The fourth-order valence-corrected chi connectivity index (χ4v) is 6.34. The van der Waals surface area contributed by atoms with E-state index in [0.717, 1.165) is 32.1 Å². The number of aliphatic hydroxyl groups is 2. The van der Waals surface area contributed by atoms with Crippen LogP contribution in [-0.4, -0.2) is 57.9 Å². The van der Waals surface area contributed by atoms with Crippen LogP contribution >= 0.6 is 24.4 Å². The van der Waals surface area contributed by atoms with Crippen molar-refractivity contribution in [3.05, 3.63) is 0 Å². The molecule has 0 aromatic carbocycles. The van der Waals surface area contributed by atoms with E-state index in [1.54, 1.807) is 0 Å². The highest BCUT2D eigenvalue weighted by atomic mass is 32.1. The zero-order valence-corrected chi connectivity index (χ0v) is 29.7. The van der Waals surface area contributed by atoms with Crippen molar-refractivity contribution in [1.82, 2.24) is 0 Å². The number of aliphatic hydroxyl groups excluding tert-OH is 2. The summed E-state index contributed by atoms with van der Waals surface area (Å²) in [5, 5.41) is 22.1. The van der Waals surface area contributed by atoms with Crippen LogP contribution in [0.3, 0.4) is 0 Å². The first-order valence-corrected chi connectivity index (χ1v) is 19.1. The van der Waals surface area contributed by atoms with Crippen LogP contribution in [0.15, 0.2) is 0 Å². The van der Waals surface area contributed by atoms with Gasteiger partial charge in [0, 0.05) is 12.8 Å². The van der Waals surface area contributed by atoms with Crippen LogP contribution in [0.1, 0.15) is 181 Å². The Morgan fingerprint density at radius 1 is 0.628 bits per heavy atom. The largest absolute Gasteiger partial charge is 0.484 e. The molecule has 0 aliphatic carbocycles. The second-order valence-corrected chi connectivity index (χ2v) is 13.8. The predicted octanol–water partition coefficient (Wildman–Crippen LogP) is 10.3. The quantitative estimate of drug-likeness (QED) is 0.0596. The van der Waals surface area contributed by atoms with Gasteiger partial charge in [0.25, 0.3) is 0 Å². The minimum atomic E-state index is -0.934. The SMILES string of the molecule is CCCCCCCCCCCCCCC(=S)OC[C@@H](O)[C@H]1OC[C@H](O)[C@H]1OC(=S)CCCCCCCCCCCCCC. The smallest absolute Gasteiger partial charge is 0.160 e. The molecule has 4 atom stereocenters. The molecule has 7 heteroatoms. The molecule has 1 aliphatic heterocycles. The van der Waals surface area contributed by atoms with Crippen LogP contribution in [0.4, 0.5) is 0 Å². The summed E-state index contributed by atoms with van der Waals surface area (Å²) in [5.41, 5.74) is 0. The molecule has 0 unspecified atom stereocenters. The first kappa shape index (κ1) is 40.7. The maximum atomic E-state index is 10.7. The van der Waals surface area contributed by atoms with E-state index in [-0.39, 0.29) is 13.2 Å². The second kappa shape index (κ2) is 29.1. The number of ether oxygens (including phenoxy) is 3. The van der Waals surface area contributed by atoms with Crippen LogP contribution < -0.4 is 0 Å². The molecule has 0 aromatic heterocycles. The zero-order valence-electron chi connectivity index (χ0n) is 28.0. The first-order chi connectivity index (χ1) is 21.0. The van der Waals surface area contributed by atoms with E-state index in [1.807, 2.05) is 0 Å². The Bertz CT molecular complexity index is 662. The maximum Gasteiger partial charge on any atom is 0.160 e. The van der Waals surface area contributed by atoms with E-state index in [0.29, 0.717) is 16.5 Å². The Kier molecular flexibility index (Phi) is 27.5. The Hall–Kier alpha value is -0.340. The molecule has 0 radical (unpaired) electrons. The molecule has 0 spiro atoms. The molecule has 1 rings (SSSR count). The van der Waals surface area contributed by atoms with Crippen molar-refractivity contribution in [3.8, 4) is 0 Å². The van der Waals surface area contributed by atoms with E-state index in [2.05, 4.69) is 13.8 Å². The summed E-state index contributed by atoms with van der Waals surface area (Å²) in [6.45, 7) is 4.69. The highest BCUT2D eigenvalue weighted by Gasteiger charge is 2.43. The van der Waals surface area contributed by atoms with Crippen LogP contribution in [0.2, 0.25) is 0 Å². The van der Waals surface area contributed by atoms with Crippen molar-refractivity contribution in [2.24, 2.45) is 0 Å². The number of hydrogen-bond acceptors (Lipinski definition) is 7. The van der Waals surface area contributed by atoms with Gasteiger partial charge in [-0.15, -0.1) is 0 Å². The van der Waals surface area contributed by atoms with Gasteiger partial charge in [0.1, 0.15) is 24.9 Å². The van der Waals surface area contributed by atoms with E-state index in [9.17, 15) is 10.2 Å². The lowest BCUT2D eigenvalue weighted by Gasteiger charge is -2.26. The number of thiocarbonyl (C=S) groups is 2. The van der Waals surface area contributed by atoms with Crippen LogP contribution in [0.25, 0.3) is 0 Å². The third-order valence-corrected chi connectivity index (χ3v) is 9.32. The molecule has 1 fully saturated rings. The molecule has 254 valence electrons. The van der Waals surface area contributed by atoms with Gasteiger partial charge < -0.3 is 24.4 Å². The molecule has 1 saturated heterocycles. The van der Waals surface area contributed by atoms with Crippen LogP contribution in [0, 0.1) is 0 Å². The monoisotopic (exact) mass is 644 g/mol. The van der Waals surface area contributed by atoms with E-state index >= 15 is 0 Å². The van der Waals surface area contributed by atoms with Crippen molar-refractivity contribution in [2.45, 2.75) is 205 Å². The van der Waals surface area contributed by atoms with Gasteiger partial charge in [0.05, 0.1) is 6.61 Å². The Balaban J connectivity index is 2.07. The third-order valence-electron chi connectivity index (χ3n) is 8.69. The molecule has 0 bridgehead atoms. The standard InChI is InChI=1S/C36H68O5S2/c1-3-5-7-9-11-13-15-17-19-21-23-25-27-33(42)39-29-31(37)35-36(32(38)30-40-35)41-34(43)28-26-24-22-20-18-16-14-12-10-8-6-4-2/h31-32,35-38H,3-30H2,1-2H3/t31-,32+,35-,36-/m1/s1. The first-order valence-electron chi connectivity index (χ1n) is 18.3. The summed E-state index contributed by atoms with van der Waals surface area (Å²) in [5.74, 6) is 0. The second-order valence-electron chi connectivity index (χ2n) is 12.8. The van der Waals surface area contributed by atoms with Gasteiger partial charge in [-0.25, -0.2) is 0 Å². The van der Waals surface area contributed by atoms with Gasteiger partial charge in [-0.3, -0.25) is 0 Å². The topological polar surface area (TPSA) is 68.2 Å². The molecule has 1 aliphatic rings. The fraction of sp³-hybridized carbons (Fsp3) is 0.944. The minimum absolute atomic E-state index is 0.0415. The number of rotatable bonds is 30. The summed E-state index contributed by atoms with van der Waals surface area (Å²) in [6.07, 6.45) is 29.6. The Morgan fingerprint density at radius 2 is 1.00 bits per heavy atom. The molecule has 2 N–H and O–H groups in total. The summed E-state index contributed by atoms with van der Waals surface area (Å²) in [6, 6.07) is 0. The summed E-state index contributed by atoms with van der Waals surface area (Å²) >= 11 is 10.9. The third kappa shape index (κ3) is 22.8. The molecule has 5 nitrogen and oxygen atoms in total. The van der Waals surface area contributed by atoms with Gasteiger partial charge in [-0.2, -0.15) is 0 Å². The molecule has 1 heterocycles. The number of unbranched alkanes of at least 4 members (excludes halogenated alkanes) is 22. The fourth-order valence-electron chi connectivity index (χ4n) is 5.87. The molecule has 0 aromatic rings. The average Bonchev–Trinajstić information content (AvgIpc) is 3.36. The van der Waals surface area contributed by atoms with Gasteiger partial charge in [-0.05, 0) is 37.3 Å². The van der Waals surface area contributed by atoms with Crippen molar-refractivity contribution in [3.63, 3.8) is 0 Å². The van der Waals surface area contributed by atoms with Crippen molar-refractivity contribution < 1.29 is 24.4 Å². The summed E-state index contributed by atoms with van der Waals surface area (Å²) in [7, 11) is 0. The molecule has 0 saturated carbocycles. The summed E-state index contributed by atoms with van der Waals surface area (Å²) in [4.78, 5) is 0. The normalized spacial score (nSPS) is 19.0. The average molecular weight is 645 g/mol. The summed E-state index contributed by atoms with van der Waals surface area (Å²) < 4.78 is 17.3. The molecule has 0 amide bonds. The highest BCUT2D eigenvalue weighted by Crippen LogP contribution is 2.23. The Morgan fingerprint density at radius 3 is 1.42 bits per heavy atom. The lowest BCUT2D eigenvalue weighted by Crippen LogP contribution is -2.43. The van der Waals surface area contributed by atoms with Crippen LogP contribution in [0.5, 0.6) is 0 Å². The Labute approximate surface area is 276 Å². The minimum Gasteiger partial charge on any atom is -0.484 e. The molecular formula is C36H68O5S2. The van der Waals surface area contributed by atoms with Crippen molar-refractivity contribution >= 4 is 34.5 Å². The zero-order chi connectivity index (χ0) is 31.4. The van der Waals surface area contributed by atoms with Gasteiger partial charge in [0.15, 0.2) is 16.2 Å². The van der Waals surface area contributed by atoms with E-state index in [4.69, 9.17) is 38.6 Å². The lowest BCUT2D eigenvalue weighted by molar-refractivity contribution is -0.0620. The van der Waals surface area contributed by atoms with Gasteiger partial charge in [-0.1, -0.05) is 155 Å². The highest BCUT2D eigenvalue weighted by molar-refractivity contribution is 7.80.